The van der Waals surface area contributed by atoms with E-state index in [-0.39, 0.29) is 39.9 Å². The zero-order valence-electron chi connectivity index (χ0n) is 17.2. The molecule has 4 rings (SSSR count). The summed E-state index contributed by atoms with van der Waals surface area (Å²) in [6.07, 6.45) is -4.68. The maximum atomic E-state index is 13.5. The van der Waals surface area contributed by atoms with Crippen molar-refractivity contribution in [1.82, 2.24) is 24.6 Å². The number of nitrogens with two attached hydrogens (primary N) is 1. The molecule has 0 bridgehead atoms. The van der Waals surface area contributed by atoms with Crippen molar-refractivity contribution >= 4 is 11.6 Å². The number of nitrogens with zero attached hydrogens (tertiary/aromatic N) is 5. The van der Waals surface area contributed by atoms with Gasteiger partial charge in [0.1, 0.15) is 17.1 Å². The van der Waals surface area contributed by atoms with Crippen LogP contribution in [0, 0.1) is 12.7 Å². The van der Waals surface area contributed by atoms with Gasteiger partial charge in [0, 0.05) is 11.3 Å². The summed E-state index contributed by atoms with van der Waals surface area (Å²) in [6.45, 7) is 4.36. The Balaban J connectivity index is 2.12. The lowest BCUT2D eigenvalue weighted by molar-refractivity contribution is -0.141. The van der Waals surface area contributed by atoms with Gasteiger partial charge in [0.05, 0.1) is 11.3 Å². The summed E-state index contributed by atoms with van der Waals surface area (Å²) >= 11 is 0. The molecule has 32 heavy (non-hydrogen) atoms. The van der Waals surface area contributed by atoms with Gasteiger partial charge in [-0.1, -0.05) is 0 Å². The lowest BCUT2D eigenvalue weighted by Crippen LogP contribution is -2.17. The summed E-state index contributed by atoms with van der Waals surface area (Å²) in [6, 6.07) is 7.60. The Bertz CT molecular complexity index is 1320. The molecule has 3 heterocycles. The first-order chi connectivity index (χ1) is 14.8. The number of nitrogen functional groups attached to an aromatic ring is 1. The van der Waals surface area contributed by atoms with Gasteiger partial charge in [-0.15, -0.1) is 5.10 Å². The van der Waals surface area contributed by atoms with Gasteiger partial charge in [-0.3, -0.25) is 0 Å². The predicted octanol–water partition coefficient (Wildman–Crippen LogP) is 4.13. The highest BCUT2D eigenvalue weighted by atomic mass is 19.4. The van der Waals surface area contributed by atoms with E-state index in [1.807, 2.05) is 0 Å². The zero-order valence-corrected chi connectivity index (χ0v) is 17.2. The van der Waals surface area contributed by atoms with Crippen LogP contribution in [0.25, 0.3) is 28.0 Å². The summed E-state index contributed by atoms with van der Waals surface area (Å²) < 4.78 is 55.0. The fourth-order valence-corrected chi connectivity index (χ4v) is 3.26. The van der Waals surface area contributed by atoms with E-state index in [0.29, 0.717) is 5.56 Å². The molecule has 0 amide bonds. The van der Waals surface area contributed by atoms with Gasteiger partial charge in [0.25, 0.3) is 0 Å². The lowest BCUT2D eigenvalue weighted by atomic mass is 9.99. The molecule has 0 fully saturated rings. The summed E-state index contributed by atoms with van der Waals surface area (Å²) in [5.74, 6) is -0.589. The second-order valence-corrected chi connectivity index (χ2v) is 7.81. The number of aryl methyl sites for hydroxylation is 1. The van der Waals surface area contributed by atoms with Crippen molar-refractivity contribution in [3.63, 3.8) is 0 Å². The van der Waals surface area contributed by atoms with E-state index in [4.69, 9.17) is 5.73 Å². The highest BCUT2D eigenvalue weighted by Crippen LogP contribution is 2.38. The molecule has 0 spiro atoms. The van der Waals surface area contributed by atoms with Gasteiger partial charge >= 0.3 is 6.18 Å². The number of benzene rings is 1. The number of aromatic nitrogens is 5. The van der Waals surface area contributed by atoms with Gasteiger partial charge in [0.15, 0.2) is 11.5 Å². The van der Waals surface area contributed by atoms with Crippen molar-refractivity contribution in [2.45, 2.75) is 32.5 Å². The molecule has 0 saturated heterocycles. The number of alkyl halides is 3. The molecule has 0 aliphatic rings. The van der Waals surface area contributed by atoms with E-state index in [2.05, 4.69) is 20.1 Å². The van der Waals surface area contributed by atoms with E-state index in [1.54, 1.807) is 0 Å². The standard InChI is InChI=1S/C21H18F4N6O/c1-10-8-12(9-14(27-10)21(23,24)25)15-16(11-4-6-13(22)7-5-11)28-19(26)31-17(15)29-18(30-31)20(2,3)32/h4-9,32H,1-3H3,(H2,26,28). The van der Waals surface area contributed by atoms with E-state index in [9.17, 15) is 22.7 Å². The van der Waals surface area contributed by atoms with Crippen LogP contribution in [-0.4, -0.2) is 29.7 Å². The molecule has 0 aliphatic carbocycles. The molecule has 3 N–H and O–H groups in total. The van der Waals surface area contributed by atoms with E-state index in [0.717, 1.165) is 10.6 Å². The second-order valence-electron chi connectivity index (χ2n) is 7.81. The molecule has 0 radical (unpaired) electrons. The molecule has 0 unspecified atom stereocenters. The Morgan fingerprint density at radius 1 is 0.969 bits per heavy atom. The topological polar surface area (TPSA) is 102 Å². The lowest BCUT2D eigenvalue weighted by Gasteiger charge is -2.14. The zero-order chi connectivity index (χ0) is 23.4. The normalized spacial score (nSPS) is 12.5. The van der Waals surface area contributed by atoms with Crippen LogP contribution in [0.3, 0.4) is 0 Å². The Morgan fingerprint density at radius 3 is 2.22 bits per heavy atom. The highest BCUT2D eigenvalue weighted by molar-refractivity contribution is 5.90. The Labute approximate surface area is 179 Å². The van der Waals surface area contributed by atoms with Crippen molar-refractivity contribution < 1.29 is 22.7 Å². The first-order valence-corrected chi connectivity index (χ1v) is 9.46. The quantitative estimate of drug-likeness (QED) is 0.459. The van der Waals surface area contributed by atoms with E-state index in [1.165, 1.54) is 51.1 Å². The number of anilines is 1. The van der Waals surface area contributed by atoms with Gasteiger partial charge in [0.2, 0.25) is 5.95 Å². The predicted molar refractivity (Wildman–Crippen MR) is 109 cm³/mol. The minimum absolute atomic E-state index is 0.00493. The van der Waals surface area contributed by atoms with Crippen molar-refractivity contribution in [2.75, 3.05) is 5.73 Å². The summed E-state index contributed by atoms with van der Waals surface area (Å²) in [5.41, 5.74) is 4.63. The van der Waals surface area contributed by atoms with Crippen molar-refractivity contribution in [3.8, 4) is 22.4 Å². The molecule has 0 saturated carbocycles. The number of hydrogen-bond donors (Lipinski definition) is 2. The summed E-state index contributed by atoms with van der Waals surface area (Å²) in [7, 11) is 0. The SMILES string of the molecule is Cc1cc(-c2c(-c3ccc(F)cc3)nc(N)n3nc(C(C)(C)O)nc23)cc(C(F)(F)F)n1. The average Bonchev–Trinajstić information content (AvgIpc) is 3.13. The molecule has 0 atom stereocenters. The second kappa shape index (κ2) is 7.23. The van der Waals surface area contributed by atoms with E-state index < -0.39 is 23.3 Å². The summed E-state index contributed by atoms with van der Waals surface area (Å²) in [5, 5.41) is 14.5. The smallest absolute Gasteiger partial charge is 0.382 e. The van der Waals surface area contributed by atoms with Gasteiger partial charge in [-0.05, 0) is 62.7 Å². The number of aliphatic hydroxyl groups is 1. The first-order valence-electron chi connectivity index (χ1n) is 9.46. The minimum atomic E-state index is -4.68. The molecule has 0 aliphatic heterocycles. The molecule has 7 nitrogen and oxygen atoms in total. The van der Waals surface area contributed by atoms with Crippen LogP contribution in [0.4, 0.5) is 23.5 Å². The molecule has 3 aromatic heterocycles. The molecule has 4 aromatic rings. The number of halogens is 4. The van der Waals surface area contributed by atoms with Crippen molar-refractivity contribution in [2.24, 2.45) is 0 Å². The Kier molecular flexibility index (Phi) is 4.88. The van der Waals surface area contributed by atoms with Gasteiger partial charge in [-0.25, -0.2) is 19.3 Å². The number of pyridine rings is 1. The van der Waals surface area contributed by atoms with E-state index >= 15 is 0 Å². The van der Waals surface area contributed by atoms with Crippen LogP contribution in [0.5, 0.6) is 0 Å². The summed E-state index contributed by atoms with van der Waals surface area (Å²) in [4.78, 5) is 12.3. The number of hydrogen-bond acceptors (Lipinski definition) is 6. The van der Waals surface area contributed by atoms with Crippen LogP contribution < -0.4 is 5.73 Å². The average molecular weight is 446 g/mol. The minimum Gasteiger partial charge on any atom is -0.382 e. The van der Waals surface area contributed by atoms with Crippen molar-refractivity contribution in [1.29, 1.82) is 0 Å². The van der Waals surface area contributed by atoms with Crippen LogP contribution in [0.15, 0.2) is 36.4 Å². The van der Waals surface area contributed by atoms with Gasteiger partial charge < -0.3 is 10.8 Å². The fraction of sp³-hybridized carbons (Fsp3) is 0.238. The monoisotopic (exact) mass is 446 g/mol. The third-order valence-electron chi connectivity index (χ3n) is 4.71. The number of fused-ring (bicyclic) bond motifs is 1. The number of rotatable bonds is 3. The molecular weight excluding hydrogens is 428 g/mol. The maximum Gasteiger partial charge on any atom is 0.433 e. The van der Waals surface area contributed by atoms with Crippen LogP contribution in [-0.2, 0) is 11.8 Å². The first kappa shape index (κ1) is 21.6. The molecule has 1 aromatic carbocycles. The molecular formula is C21H18F4N6O. The van der Waals surface area contributed by atoms with Crippen LogP contribution >= 0.6 is 0 Å². The van der Waals surface area contributed by atoms with Crippen LogP contribution in [0.2, 0.25) is 0 Å². The highest BCUT2D eigenvalue weighted by Gasteiger charge is 2.34. The Morgan fingerprint density at radius 2 is 1.62 bits per heavy atom. The van der Waals surface area contributed by atoms with Gasteiger partial charge in [-0.2, -0.15) is 17.7 Å². The third-order valence-corrected chi connectivity index (χ3v) is 4.71. The largest absolute Gasteiger partial charge is 0.433 e. The molecule has 166 valence electrons. The molecule has 11 heteroatoms. The Hall–Kier alpha value is -3.60. The maximum absolute atomic E-state index is 13.5. The third kappa shape index (κ3) is 3.86. The van der Waals surface area contributed by atoms with Crippen LogP contribution in [0.1, 0.15) is 31.1 Å². The van der Waals surface area contributed by atoms with Crippen molar-refractivity contribution in [3.05, 3.63) is 59.4 Å². The fourth-order valence-electron chi connectivity index (χ4n) is 3.26.